The highest BCUT2D eigenvalue weighted by Crippen LogP contribution is 2.06. The Bertz CT molecular complexity index is 339. The van der Waals surface area contributed by atoms with Crippen LogP contribution >= 0.6 is 0 Å². The van der Waals surface area contributed by atoms with Gasteiger partial charge in [-0.2, -0.15) is 0 Å². The van der Waals surface area contributed by atoms with Gasteiger partial charge in [0.25, 0.3) is 0 Å². The first kappa shape index (κ1) is 11.1. The molecule has 0 spiro atoms. The van der Waals surface area contributed by atoms with Crippen molar-refractivity contribution in [2.24, 2.45) is 0 Å². The van der Waals surface area contributed by atoms with Crippen LogP contribution in [0.4, 0.5) is 0 Å². The van der Waals surface area contributed by atoms with Crippen LogP contribution in [0.25, 0.3) is 0 Å². The van der Waals surface area contributed by atoms with Crippen molar-refractivity contribution in [3.8, 4) is 0 Å². The van der Waals surface area contributed by atoms with Crippen LogP contribution in [0.5, 0.6) is 0 Å². The molecule has 1 fully saturated rings. The van der Waals surface area contributed by atoms with Gasteiger partial charge in [-0.3, -0.25) is 9.78 Å². The second kappa shape index (κ2) is 5.61. The zero-order valence-electron chi connectivity index (χ0n) is 9.35. The van der Waals surface area contributed by atoms with E-state index in [1.54, 1.807) is 6.20 Å². The predicted octanol–water partition coefficient (Wildman–Crippen LogP) is 0.794. The number of carbonyl (C=O) groups is 1. The second-order valence-corrected chi connectivity index (χ2v) is 4.06. The Labute approximate surface area is 95.7 Å². The van der Waals surface area contributed by atoms with Crippen LogP contribution in [-0.2, 0) is 11.3 Å². The van der Waals surface area contributed by atoms with E-state index in [2.05, 4.69) is 10.3 Å². The Morgan fingerprint density at radius 1 is 1.44 bits per heavy atom. The van der Waals surface area contributed by atoms with Gasteiger partial charge in [0.05, 0.1) is 6.54 Å². The van der Waals surface area contributed by atoms with Gasteiger partial charge in [-0.15, -0.1) is 0 Å². The number of hydrogen-bond donors (Lipinski definition) is 1. The van der Waals surface area contributed by atoms with Crippen molar-refractivity contribution in [3.63, 3.8) is 0 Å². The minimum Gasteiger partial charge on any atom is -0.337 e. The van der Waals surface area contributed by atoms with Gasteiger partial charge in [0.15, 0.2) is 0 Å². The summed E-state index contributed by atoms with van der Waals surface area (Å²) < 4.78 is 0. The Kier molecular flexibility index (Phi) is 3.88. The van der Waals surface area contributed by atoms with E-state index in [0.717, 1.165) is 31.5 Å². The van der Waals surface area contributed by atoms with Crippen LogP contribution in [0.15, 0.2) is 24.5 Å². The molecule has 1 amide bonds. The monoisotopic (exact) mass is 219 g/mol. The Morgan fingerprint density at radius 2 is 2.38 bits per heavy atom. The van der Waals surface area contributed by atoms with E-state index in [0.29, 0.717) is 13.1 Å². The molecule has 1 aliphatic rings. The third-order valence-electron chi connectivity index (χ3n) is 2.76. The molecule has 1 aromatic rings. The van der Waals surface area contributed by atoms with Gasteiger partial charge in [0.1, 0.15) is 0 Å². The summed E-state index contributed by atoms with van der Waals surface area (Å²) in [5.74, 6) is 0.184. The van der Waals surface area contributed by atoms with Gasteiger partial charge >= 0.3 is 0 Å². The average Bonchev–Trinajstić information content (AvgIpc) is 2.30. The lowest BCUT2D eigenvalue weighted by Crippen LogP contribution is -2.40. The topological polar surface area (TPSA) is 45.2 Å². The van der Waals surface area contributed by atoms with Crippen LogP contribution in [0.3, 0.4) is 0 Å². The molecule has 1 saturated heterocycles. The fourth-order valence-electron chi connectivity index (χ4n) is 1.86. The van der Waals surface area contributed by atoms with E-state index < -0.39 is 0 Å². The summed E-state index contributed by atoms with van der Waals surface area (Å²) in [7, 11) is 0. The molecule has 0 bridgehead atoms. The zero-order chi connectivity index (χ0) is 11.2. The molecular weight excluding hydrogens is 202 g/mol. The maximum Gasteiger partial charge on any atom is 0.236 e. The molecule has 0 aromatic carbocycles. The van der Waals surface area contributed by atoms with E-state index in [1.807, 2.05) is 23.2 Å². The Balaban J connectivity index is 1.98. The Morgan fingerprint density at radius 3 is 3.19 bits per heavy atom. The zero-order valence-corrected chi connectivity index (χ0v) is 9.35. The average molecular weight is 219 g/mol. The molecule has 4 nitrogen and oxygen atoms in total. The SMILES string of the molecule is O=C1CNCCCCN1Cc1cccnc1. The van der Waals surface area contributed by atoms with Crippen LogP contribution in [0.2, 0.25) is 0 Å². The highest BCUT2D eigenvalue weighted by Gasteiger charge is 2.15. The molecule has 1 aliphatic heterocycles. The lowest BCUT2D eigenvalue weighted by atomic mass is 10.2. The molecule has 2 rings (SSSR count). The first-order valence-electron chi connectivity index (χ1n) is 5.73. The number of carbonyl (C=O) groups excluding carboxylic acids is 1. The van der Waals surface area contributed by atoms with Crippen LogP contribution in [0.1, 0.15) is 18.4 Å². The number of aromatic nitrogens is 1. The van der Waals surface area contributed by atoms with Crippen molar-refractivity contribution < 1.29 is 4.79 Å². The summed E-state index contributed by atoms with van der Waals surface area (Å²) in [4.78, 5) is 17.8. The van der Waals surface area contributed by atoms with E-state index >= 15 is 0 Å². The highest BCUT2D eigenvalue weighted by atomic mass is 16.2. The molecule has 86 valence electrons. The number of pyridine rings is 1. The fourth-order valence-corrected chi connectivity index (χ4v) is 1.86. The van der Waals surface area contributed by atoms with Gasteiger partial charge in [0.2, 0.25) is 5.91 Å². The fraction of sp³-hybridized carbons (Fsp3) is 0.500. The number of nitrogens with zero attached hydrogens (tertiary/aromatic N) is 2. The molecule has 0 unspecified atom stereocenters. The quantitative estimate of drug-likeness (QED) is 0.800. The summed E-state index contributed by atoms with van der Waals surface area (Å²) in [5, 5.41) is 3.15. The molecule has 2 heterocycles. The molecular formula is C12H17N3O. The third kappa shape index (κ3) is 3.03. The van der Waals surface area contributed by atoms with Crippen molar-refractivity contribution in [3.05, 3.63) is 30.1 Å². The molecule has 1 N–H and O–H groups in total. The highest BCUT2D eigenvalue weighted by molar-refractivity contribution is 5.78. The van der Waals surface area contributed by atoms with Gasteiger partial charge in [0, 0.05) is 25.5 Å². The molecule has 1 aromatic heterocycles. The normalized spacial score (nSPS) is 18.0. The summed E-state index contributed by atoms with van der Waals surface area (Å²) in [6, 6.07) is 3.91. The molecule has 0 radical (unpaired) electrons. The number of hydrogen-bond acceptors (Lipinski definition) is 3. The summed E-state index contributed by atoms with van der Waals surface area (Å²) in [6.07, 6.45) is 5.77. The summed E-state index contributed by atoms with van der Waals surface area (Å²) in [6.45, 7) is 2.94. The smallest absolute Gasteiger partial charge is 0.236 e. The van der Waals surface area contributed by atoms with Gasteiger partial charge < -0.3 is 10.2 Å². The van der Waals surface area contributed by atoms with Crippen LogP contribution < -0.4 is 5.32 Å². The number of amides is 1. The van der Waals surface area contributed by atoms with Crippen molar-refractivity contribution >= 4 is 5.91 Å². The number of rotatable bonds is 2. The molecule has 0 atom stereocenters. The minimum absolute atomic E-state index is 0.184. The second-order valence-electron chi connectivity index (χ2n) is 4.06. The van der Waals surface area contributed by atoms with Crippen LogP contribution in [0, 0.1) is 0 Å². The maximum atomic E-state index is 11.8. The Hall–Kier alpha value is -1.42. The third-order valence-corrected chi connectivity index (χ3v) is 2.76. The largest absolute Gasteiger partial charge is 0.337 e. The van der Waals surface area contributed by atoms with Gasteiger partial charge in [-0.25, -0.2) is 0 Å². The van der Waals surface area contributed by atoms with Gasteiger partial charge in [-0.05, 0) is 31.0 Å². The van der Waals surface area contributed by atoms with Crippen molar-refractivity contribution in [1.82, 2.24) is 15.2 Å². The first-order valence-corrected chi connectivity index (χ1v) is 5.73. The van der Waals surface area contributed by atoms with Crippen LogP contribution in [-0.4, -0.2) is 35.4 Å². The maximum absolute atomic E-state index is 11.8. The summed E-state index contributed by atoms with van der Waals surface area (Å²) in [5.41, 5.74) is 1.09. The first-order chi connectivity index (χ1) is 7.86. The molecule has 0 aliphatic carbocycles. The predicted molar refractivity (Wildman–Crippen MR) is 61.8 cm³/mol. The van der Waals surface area contributed by atoms with E-state index in [4.69, 9.17) is 0 Å². The molecule has 0 saturated carbocycles. The standard InChI is InChI=1S/C12H17N3O/c16-12-9-14-5-1-2-7-15(12)10-11-4-3-6-13-8-11/h3-4,6,8,14H,1-2,5,7,9-10H2. The lowest BCUT2D eigenvalue weighted by molar-refractivity contribution is -0.131. The van der Waals surface area contributed by atoms with Crippen molar-refractivity contribution in [2.45, 2.75) is 19.4 Å². The molecule has 4 heteroatoms. The summed E-state index contributed by atoms with van der Waals surface area (Å²) >= 11 is 0. The van der Waals surface area contributed by atoms with Crippen molar-refractivity contribution in [1.29, 1.82) is 0 Å². The van der Waals surface area contributed by atoms with Crippen molar-refractivity contribution in [2.75, 3.05) is 19.6 Å². The van der Waals surface area contributed by atoms with E-state index in [-0.39, 0.29) is 5.91 Å². The number of nitrogens with one attached hydrogen (secondary N) is 1. The van der Waals surface area contributed by atoms with E-state index in [9.17, 15) is 4.79 Å². The minimum atomic E-state index is 0.184. The molecule has 16 heavy (non-hydrogen) atoms. The van der Waals surface area contributed by atoms with Gasteiger partial charge in [-0.1, -0.05) is 6.07 Å². The lowest BCUT2D eigenvalue weighted by Gasteiger charge is -2.25. The van der Waals surface area contributed by atoms with E-state index in [1.165, 1.54) is 0 Å².